The van der Waals surface area contributed by atoms with Crippen molar-refractivity contribution in [3.63, 3.8) is 0 Å². The van der Waals surface area contributed by atoms with Gasteiger partial charge < -0.3 is 4.74 Å². The van der Waals surface area contributed by atoms with Gasteiger partial charge in [-0.3, -0.25) is 0 Å². The number of hydrogen-bond acceptors (Lipinski definition) is 3. The fourth-order valence-corrected chi connectivity index (χ4v) is 5.55. The summed E-state index contributed by atoms with van der Waals surface area (Å²) in [4.78, 5) is 0.366. The van der Waals surface area contributed by atoms with Crippen molar-refractivity contribution >= 4 is 10.0 Å². The molecule has 2 fully saturated rings. The van der Waals surface area contributed by atoms with E-state index in [4.69, 9.17) is 4.74 Å². The van der Waals surface area contributed by atoms with Crippen molar-refractivity contribution in [1.29, 1.82) is 0 Å². The normalized spacial score (nSPS) is 26.1. The molecular formula is C16H21NO3S. The fourth-order valence-electron chi connectivity index (χ4n) is 3.60. The first-order valence-electron chi connectivity index (χ1n) is 7.28. The lowest BCUT2D eigenvalue weighted by atomic mass is 10.0. The van der Waals surface area contributed by atoms with Gasteiger partial charge in [0.2, 0.25) is 10.0 Å². The second-order valence-electron chi connectivity index (χ2n) is 6.01. The number of aryl methyl sites for hydroxylation is 1. The van der Waals surface area contributed by atoms with Crippen molar-refractivity contribution in [1.82, 2.24) is 4.31 Å². The minimum Gasteiger partial charge on any atom is -0.496 e. The first-order chi connectivity index (χ1) is 9.93. The van der Waals surface area contributed by atoms with E-state index < -0.39 is 10.0 Å². The van der Waals surface area contributed by atoms with Crippen LogP contribution in [-0.4, -0.2) is 31.9 Å². The second-order valence-corrected chi connectivity index (χ2v) is 7.85. The van der Waals surface area contributed by atoms with Gasteiger partial charge in [0.05, 0.1) is 12.0 Å². The molecule has 0 saturated carbocycles. The molecule has 0 aliphatic carbocycles. The molecule has 1 aromatic rings. The number of hydrogen-bond donors (Lipinski definition) is 0. The van der Waals surface area contributed by atoms with Crippen LogP contribution in [0.25, 0.3) is 0 Å². The van der Waals surface area contributed by atoms with Crippen LogP contribution in [0.2, 0.25) is 0 Å². The smallest absolute Gasteiger partial charge is 0.243 e. The van der Waals surface area contributed by atoms with E-state index in [-0.39, 0.29) is 12.1 Å². The van der Waals surface area contributed by atoms with Gasteiger partial charge in [-0.05, 0) is 56.4 Å². The number of methoxy groups -OCH3 is 1. The van der Waals surface area contributed by atoms with E-state index in [9.17, 15) is 8.42 Å². The summed E-state index contributed by atoms with van der Waals surface area (Å²) in [5, 5.41) is 0. The van der Waals surface area contributed by atoms with E-state index in [0.29, 0.717) is 10.6 Å². The van der Waals surface area contributed by atoms with Crippen LogP contribution in [0.1, 0.15) is 31.2 Å². The van der Waals surface area contributed by atoms with E-state index in [1.807, 2.05) is 6.92 Å². The van der Waals surface area contributed by atoms with Crippen LogP contribution in [-0.2, 0) is 10.0 Å². The Morgan fingerprint density at radius 3 is 2.38 bits per heavy atom. The average molecular weight is 307 g/mol. The molecule has 0 radical (unpaired) electrons. The Morgan fingerprint density at radius 2 is 1.86 bits per heavy atom. The SMILES string of the molecule is C=C1CC2CCC(C1)N2S(=O)(=O)c1ccc(OC)c(C)c1. The van der Waals surface area contributed by atoms with Crippen LogP contribution in [0.4, 0.5) is 0 Å². The molecule has 3 rings (SSSR count). The largest absolute Gasteiger partial charge is 0.496 e. The number of piperidine rings is 1. The van der Waals surface area contributed by atoms with Gasteiger partial charge in [-0.25, -0.2) is 8.42 Å². The van der Waals surface area contributed by atoms with Crippen molar-refractivity contribution in [2.45, 2.75) is 49.6 Å². The molecular weight excluding hydrogens is 286 g/mol. The van der Waals surface area contributed by atoms with Crippen LogP contribution in [0.15, 0.2) is 35.2 Å². The van der Waals surface area contributed by atoms with Gasteiger partial charge in [-0.1, -0.05) is 12.2 Å². The summed E-state index contributed by atoms with van der Waals surface area (Å²) in [6.07, 6.45) is 3.48. The molecule has 21 heavy (non-hydrogen) atoms. The van der Waals surface area contributed by atoms with Crippen molar-refractivity contribution < 1.29 is 13.2 Å². The Morgan fingerprint density at radius 1 is 1.24 bits per heavy atom. The first kappa shape index (κ1) is 14.6. The van der Waals surface area contributed by atoms with Gasteiger partial charge in [-0.2, -0.15) is 4.31 Å². The maximum Gasteiger partial charge on any atom is 0.243 e. The van der Waals surface area contributed by atoms with Gasteiger partial charge in [0.25, 0.3) is 0 Å². The molecule has 2 heterocycles. The van der Waals surface area contributed by atoms with Gasteiger partial charge in [0.15, 0.2) is 0 Å². The highest BCUT2D eigenvalue weighted by Gasteiger charge is 2.45. The molecule has 2 atom stereocenters. The van der Waals surface area contributed by atoms with E-state index in [1.54, 1.807) is 29.6 Å². The number of rotatable bonds is 3. The lowest BCUT2D eigenvalue weighted by Crippen LogP contribution is -2.44. The van der Waals surface area contributed by atoms with Gasteiger partial charge in [0, 0.05) is 12.1 Å². The standard InChI is InChI=1S/C16H21NO3S/c1-11-8-13-4-5-14(9-11)17(13)21(18,19)15-6-7-16(20-3)12(2)10-15/h6-7,10,13-14H,1,4-5,8-9H2,2-3H3. The minimum absolute atomic E-state index is 0.0867. The molecule has 114 valence electrons. The molecule has 0 aromatic heterocycles. The zero-order valence-corrected chi connectivity index (χ0v) is 13.3. The predicted octanol–water partition coefficient (Wildman–Crippen LogP) is 2.88. The maximum atomic E-state index is 13.0. The number of fused-ring (bicyclic) bond motifs is 2. The molecule has 2 aliphatic rings. The quantitative estimate of drug-likeness (QED) is 0.807. The topological polar surface area (TPSA) is 46.6 Å². The Kier molecular flexibility index (Phi) is 3.58. The summed E-state index contributed by atoms with van der Waals surface area (Å²) in [5.74, 6) is 0.712. The second kappa shape index (κ2) is 5.14. The van der Waals surface area contributed by atoms with Crippen molar-refractivity contribution in [2.24, 2.45) is 0 Å². The van der Waals surface area contributed by atoms with Crippen LogP contribution in [0.3, 0.4) is 0 Å². The number of sulfonamides is 1. The van der Waals surface area contributed by atoms with E-state index in [0.717, 1.165) is 31.2 Å². The number of nitrogens with zero attached hydrogens (tertiary/aromatic N) is 1. The van der Waals surface area contributed by atoms with Gasteiger partial charge in [-0.15, -0.1) is 0 Å². The van der Waals surface area contributed by atoms with Crippen LogP contribution in [0, 0.1) is 6.92 Å². The van der Waals surface area contributed by atoms with Crippen molar-refractivity contribution in [3.8, 4) is 5.75 Å². The third-order valence-corrected chi connectivity index (χ3v) is 6.54. The summed E-state index contributed by atoms with van der Waals surface area (Å²) in [5.41, 5.74) is 2.02. The third kappa shape index (κ3) is 2.38. The summed E-state index contributed by atoms with van der Waals surface area (Å²) >= 11 is 0. The lowest BCUT2D eigenvalue weighted by Gasteiger charge is -2.34. The highest BCUT2D eigenvalue weighted by molar-refractivity contribution is 7.89. The van der Waals surface area contributed by atoms with Crippen LogP contribution < -0.4 is 4.74 Å². The first-order valence-corrected chi connectivity index (χ1v) is 8.72. The average Bonchev–Trinajstić information content (AvgIpc) is 2.72. The maximum absolute atomic E-state index is 13.0. The lowest BCUT2D eigenvalue weighted by molar-refractivity contribution is 0.286. The van der Waals surface area contributed by atoms with Crippen LogP contribution >= 0.6 is 0 Å². The third-order valence-electron chi connectivity index (χ3n) is 4.54. The molecule has 2 saturated heterocycles. The predicted molar refractivity (Wildman–Crippen MR) is 81.9 cm³/mol. The van der Waals surface area contributed by atoms with E-state index >= 15 is 0 Å². The molecule has 4 nitrogen and oxygen atoms in total. The summed E-state index contributed by atoms with van der Waals surface area (Å²) in [6, 6.07) is 5.25. The Bertz CT molecular complexity index is 665. The highest BCUT2D eigenvalue weighted by Crippen LogP contribution is 2.41. The van der Waals surface area contributed by atoms with Crippen LogP contribution in [0.5, 0.6) is 5.75 Å². The van der Waals surface area contributed by atoms with Crippen molar-refractivity contribution in [2.75, 3.05) is 7.11 Å². The zero-order chi connectivity index (χ0) is 15.2. The van der Waals surface area contributed by atoms with E-state index in [2.05, 4.69) is 6.58 Å². The molecule has 2 bridgehead atoms. The summed E-state index contributed by atoms with van der Waals surface area (Å²) in [7, 11) is -1.84. The van der Waals surface area contributed by atoms with Gasteiger partial charge in [0.1, 0.15) is 5.75 Å². The minimum atomic E-state index is -3.43. The Balaban J connectivity index is 1.98. The summed E-state index contributed by atoms with van der Waals surface area (Å²) in [6.45, 7) is 5.91. The summed E-state index contributed by atoms with van der Waals surface area (Å²) < 4.78 is 32.9. The fraction of sp³-hybridized carbons (Fsp3) is 0.500. The van der Waals surface area contributed by atoms with Crippen molar-refractivity contribution in [3.05, 3.63) is 35.9 Å². The zero-order valence-electron chi connectivity index (χ0n) is 12.5. The Hall–Kier alpha value is -1.33. The molecule has 1 aromatic carbocycles. The highest BCUT2D eigenvalue weighted by atomic mass is 32.2. The van der Waals surface area contributed by atoms with Gasteiger partial charge >= 0.3 is 0 Å². The molecule has 2 unspecified atom stereocenters. The number of benzene rings is 1. The molecule has 2 aliphatic heterocycles. The molecule has 5 heteroatoms. The van der Waals surface area contributed by atoms with E-state index in [1.165, 1.54) is 5.57 Å². The molecule has 0 spiro atoms. The molecule has 0 amide bonds. The monoisotopic (exact) mass is 307 g/mol. The Labute approximate surface area is 126 Å². The number of ether oxygens (including phenoxy) is 1. The molecule has 0 N–H and O–H groups in total.